The van der Waals surface area contributed by atoms with Crippen molar-refractivity contribution >= 4 is 23.2 Å². The molecule has 1 amide bonds. The molecule has 138 valence electrons. The van der Waals surface area contributed by atoms with E-state index in [9.17, 15) is 4.79 Å². The van der Waals surface area contributed by atoms with Gasteiger partial charge in [-0.05, 0) is 43.7 Å². The van der Waals surface area contributed by atoms with E-state index in [0.717, 1.165) is 44.8 Å². The Bertz CT molecular complexity index is 722. The molecule has 1 unspecified atom stereocenters. The highest BCUT2D eigenvalue weighted by Gasteiger charge is 2.24. The largest absolute Gasteiger partial charge is 0.325 e. The molecule has 1 atom stereocenters. The quantitative estimate of drug-likeness (QED) is 0.866. The van der Waals surface area contributed by atoms with Crippen LogP contribution >= 0.6 is 11.6 Å². The Hall–Kier alpha value is -1.88. The van der Waals surface area contributed by atoms with E-state index in [1.165, 1.54) is 5.56 Å². The SMILES string of the molecule is CC(C(=O)Nc1cccc(Cl)c1)N1CCCN(Cc2ccccc2)CC1. The van der Waals surface area contributed by atoms with Crippen LogP contribution in [0.5, 0.6) is 0 Å². The zero-order chi connectivity index (χ0) is 18.4. The molecule has 1 fully saturated rings. The summed E-state index contributed by atoms with van der Waals surface area (Å²) in [6.07, 6.45) is 1.07. The van der Waals surface area contributed by atoms with E-state index in [2.05, 4.69) is 39.4 Å². The molecule has 3 rings (SSSR count). The number of nitrogens with zero attached hydrogens (tertiary/aromatic N) is 2. The number of hydrogen-bond acceptors (Lipinski definition) is 3. The molecule has 26 heavy (non-hydrogen) atoms. The molecule has 0 bridgehead atoms. The van der Waals surface area contributed by atoms with E-state index in [1.807, 2.05) is 25.1 Å². The van der Waals surface area contributed by atoms with Crippen LogP contribution in [0.4, 0.5) is 5.69 Å². The van der Waals surface area contributed by atoms with Gasteiger partial charge in [-0.3, -0.25) is 14.6 Å². The van der Waals surface area contributed by atoms with E-state index in [1.54, 1.807) is 12.1 Å². The van der Waals surface area contributed by atoms with Crippen molar-refractivity contribution in [2.45, 2.75) is 25.9 Å². The van der Waals surface area contributed by atoms with Gasteiger partial charge in [0, 0.05) is 36.9 Å². The molecule has 0 radical (unpaired) electrons. The third kappa shape index (κ3) is 5.31. The Balaban J connectivity index is 1.53. The van der Waals surface area contributed by atoms with Gasteiger partial charge in [0.05, 0.1) is 6.04 Å². The third-order valence-electron chi connectivity index (χ3n) is 4.89. The van der Waals surface area contributed by atoms with Crippen molar-refractivity contribution in [1.82, 2.24) is 9.80 Å². The van der Waals surface area contributed by atoms with E-state index in [4.69, 9.17) is 11.6 Å². The van der Waals surface area contributed by atoms with Crippen LogP contribution in [0.3, 0.4) is 0 Å². The Morgan fingerprint density at radius 2 is 1.88 bits per heavy atom. The molecule has 1 saturated heterocycles. The summed E-state index contributed by atoms with van der Waals surface area (Å²) in [4.78, 5) is 17.3. The van der Waals surface area contributed by atoms with Crippen LogP contribution in [-0.4, -0.2) is 47.9 Å². The van der Waals surface area contributed by atoms with Gasteiger partial charge in [-0.2, -0.15) is 0 Å². The van der Waals surface area contributed by atoms with Gasteiger partial charge in [-0.25, -0.2) is 0 Å². The fourth-order valence-corrected chi connectivity index (χ4v) is 3.55. The van der Waals surface area contributed by atoms with E-state index >= 15 is 0 Å². The fourth-order valence-electron chi connectivity index (χ4n) is 3.36. The third-order valence-corrected chi connectivity index (χ3v) is 5.13. The summed E-state index contributed by atoms with van der Waals surface area (Å²) in [6, 6.07) is 17.7. The summed E-state index contributed by atoms with van der Waals surface area (Å²) in [6.45, 7) is 6.83. The molecule has 1 aliphatic rings. The minimum atomic E-state index is -0.161. The van der Waals surface area contributed by atoms with Crippen LogP contribution < -0.4 is 5.32 Å². The number of benzene rings is 2. The predicted molar refractivity (Wildman–Crippen MR) is 107 cm³/mol. The van der Waals surface area contributed by atoms with Crippen molar-refractivity contribution in [1.29, 1.82) is 0 Å². The number of nitrogens with one attached hydrogen (secondary N) is 1. The van der Waals surface area contributed by atoms with Gasteiger partial charge >= 0.3 is 0 Å². The zero-order valence-corrected chi connectivity index (χ0v) is 16.0. The summed E-state index contributed by atoms with van der Waals surface area (Å²) < 4.78 is 0. The number of amides is 1. The van der Waals surface area contributed by atoms with Crippen molar-refractivity contribution in [3.05, 3.63) is 65.2 Å². The number of rotatable bonds is 5. The minimum Gasteiger partial charge on any atom is -0.325 e. The molecule has 2 aromatic rings. The number of hydrogen-bond donors (Lipinski definition) is 1. The Morgan fingerprint density at radius 3 is 2.65 bits per heavy atom. The average molecular weight is 372 g/mol. The molecular formula is C21H26ClN3O. The topological polar surface area (TPSA) is 35.6 Å². The second kappa shape index (κ2) is 9.17. The number of carbonyl (C=O) groups excluding carboxylic acids is 1. The highest BCUT2D eigenvalue weighted by atomic mass is 35.5. The van der Waals surface area contributed by atoms with Gasteiger partial charge < -0.3 is 5.32 Å². The first kappa shape index (κ1) is 18.9. The molecule has 1 heterocycles. The van der Waals surface area contributed by atoms with Crippen molar-refractivity contribution in [3.63, 3.8) is 0 Å². The van der Waals surface area contributed by atoms with Gasteiger partial charge in [0.15, 0.2) is 0 Å². The molecule has 1 aliphatic heterocycles. The highest BCUT2D eigenvalue weighted by Crippen LogP contribution is 2.16. The summed E-state index contributed by atoms with van der Waals surface area (Å²) in [5.41, 5.74) is 2.09. The normalized spacial score (nSPS) is 17.5. The Morgan fingerprint density at radius 1 is 1.08 bits per heavy atom. The number of halogens is 1. The lowest BCUT2D eigenvalue weighted by Crippen LogP contribution is -2.43. The second-order valence-electron chi connectivity index (χ2n) is 6.83. The molecule has 0 spiro atoms. The van der Waals surface area contributed by atoms with Crippen LogP contribution in [-0.2, 0) is 11.3 Å². The second-order valence-corrected chi connectivity index (χ2v) is 7.26. The Kier molecular flexibility index (Phi) is 6.67. The smallest absolute Gasteiger partial charge is 0.241 e. The van der Waals surface area contributed by atoms with Gasteiger partial charge in [-0.1, -0.05) is 48.0 Å². The van der Waals surface area contributed by atoms with Crippen LogP contribution in [0.1, 0.15) is 18.9 Å². The van der Waals surface area contributed by atoms with Gasteiger partial charge in [0.2, 0.25) is 5.91 Å². The lowest BCUT2D eigenvalue weighted by molar-refractivity contribution is -0.120. The molecular weight excluding hydrogens is 346 g/mol. The summed E-state index contributed by atoms with van der Waals surface area (Å²) in [5.74, 6) is 0.0174. The maximum absolute atomic E-state index is 12.6. The highest BCUT2D eigenvalue weighted by molar-refractivity contribution is 6.30. The molecule has 2 aromatic carbocycles. The summed E-state index contributed by atoms with van der Waals surface area (Å²) >= 11 is 5.99. The summed E-state index contributed by atoms with van der Waals surface area (Å²) in [7, 11) is 0. The number of anilines is 1. The molecule has 5 heteroatoms. The van der Waals surface area contributed by atoms with Gasteiger partial charge in [0.25, 0.3) is 0 Å². The molecule has 0 aromatic heterocycles. The molecule has 1 N–H and O–H groups in total. The van der Waals surface area contributed by atoms with Gasteiger partial charge in [0.1, 0.15) is 0 Å². The fraction of sp³-hybridized carbons (Fsp3) is 0.381. The van der Waals surface area contributed by atoms with E-state index in [-0.39, 0.29) is 11.9 Å². The first-order valence-corrected chi connectivity index (χ1v) is 9.56. The maximum atomic E-state index is 12.6. The van der Waals surface area contributed by atoms with Crippen LogP contribution in [0.15, 0.2) is 54.6 Å². The van der Waals surface area contributed by atoms with E-state index < -0.39 is 0 Å². The van der Waals surface area contributed by atoms with Crippen LogP contribution in [0.25, 0.3) is 0 Å². The van der Waals surface area contributed by atoms with Crippen molar-refractivity contribution in [2.75, 3.05) is 31.5 Å². The first-order chi connectivity index (χ1) is 12.6. The average Bonchev–Trinajstić information content (AvgIpc) is 2.87. The molecule has 0 aliphatic carbocycles. The standard InChI is InChI=1S/C21H26ClN3O/c1-17(21(26)23-20-10-5-9-19(22)15-20)25-12-6-11-24(13-14-25)16-18-7-3-2-4-8-18/h2-5,7-10,15,17H,6,11-14,16H2,1H3,(H,23,26). The molecule has 4 nitrogen and oxygen atoms in total. The lowest BCUT2D eigenvalue weighted by atomic mass is 10.2. The van der Waals surface area contributed by atoms with Crippen molar-refractivity contribution in [3.8, 4) is 0 Å². The van der Waals surface area contributed by atoms with Crippen LogP contribution in [0, 0.1) is 0 Å². The first-order valence-electron chi connectivity index (χ1n) is 9.18. The van der Waals surface area contributed by atoms with E-state index in [0.29, 0.717) is 5.02 Å². The predicted octanol–water partition coefficient (Wildman–Crippen LogP) is 3.87. The minimum absolute atomic E-state index is 0.0174. The maximum Gasteiger partial charge on any atom is 0.241 e. The van der Waals surface area contributed by atoms with Gasteiger partial charge in [-0.15, -0.1) is 0 Å². The zero-order valence-electron chi connectivity index (χ0n) is 15.2. The summed E-state index contributed by atoms with van der Waals surface area (Å²) in [5, 5.41) is 3.60. The van der Waals surface area contributed by atoms with Crippen molar-refractivity contribution < 1.29 is 4.79 Å². The van der Waals surface area contributed by atoms with Crippen LogP contribution in [0.2, 0.25) is 5.02 Å². The lowest BCUT2D eigenvalue weighted by Gasteiger charge is -2.27. The number of carbonyl (C=O) groups is 1. The van der Waals surface area contributed by atoms with Crippen molar-refractivity contribution in [2.24, 2.45) is 0 Å². The Labute approximate surface area is 160 Å². The monoisotopic (exact) mass is 371 g/mol. The molecule has 0 saturated carbocycles.